The summed E-state index contributed by atoms with van der Waals surface area (Å²) in [5.41, 5.74) is 4.59. The zero-order valence-electron chi connectivity index (χ0n) is 13.2. The number of allylic oxidation sites excluding steroid dienone is 1. The summed E-state index contributed by atoms with van der Waals surface area (Å²) < 4.78 is 10.8. The first-order valence-electron chi connectivity index (χ1n) is 7.91. The van der Waals surface area contributed by atoms with Crippen molar-refractivity contribution in [1.82, 2.24) is 0 Å². The van der Waals surface area contributed by atoms with Crippen LogP contribution in [-0.4, -0.2) is 18.0 Å². The Morgan fingerprint density at radius 3 is 2.70 bits per heavy atom. The minimum atomic E-state index is -0.710. The summed E-state index contributed by atoms with van der Waals surface area (Å²) >= 11 is 0. The molecule has 1 heterocycles. The highest BCUT2D eigenvalue weighted by Crippen LogP contribution is 2.49. The predicted molar refractivity (Wildman–Crippen MR) is 83.4 cm³/mol. The minimum absolute atomic E-state index is 0.112. The van der Waals surface area contributed by atoms with Gasteiger partial charge in [0.25, 0.3) is 6.29 Å². The Kier molecular flexibility index (Phi) is 3.15. The van der Waals surface area contributed by atoms with E-state index in [1.807, 2.05) is 19.1 Å². The molecule has 1 fully saturated rings. The average molecular weight is 310 g/mol. The average Bonchev–Trinajstić information content (AvgIpc) is 3.12. The van der Waals surface area contributed by atoms with Gasteiger partial charge in [-0.05, 0) is 37.3 Å². The lowest BCUT2D eigenvalue weighted by Gasteiger charge is -2.14. The van der Waals surface area contributed by atoms with E-state index < -0.39 is 6.29 Å². The molecule has 2 aliphatic carbocycles. The van der Waals surface area contributed by atoms with Crippen LogP contribution in [0, 0.1) is 5.92 Å². The SMILES string of the molecule is CC1=C(C)C(O/C=C2/C(=O)CC3Cc4ccccc4C23)OC1=O. The van der Waals surface area contributed by atoms with Crippen molar-refractivity contribution in [3.8, 4) is 0 Å². The van der Waals surface area contributed by atoms with E-state index >= 15 is 0 Å². The Morgan fingerprint density at radius 1 is 1.17 bits per heavy atom. The number of hydrogen-bond donors (Lipinski definition) is 0. The van der Waals surface area contributed by atoms with Crippen LogP contribution >= 0.6 is 0 Å². The highest BCUT2D eigenvalue weighted by Gasteiger charge is 2.44. The number of ketones is 1. The maximum atomic E-state index is 12.3. The van der Waals surface area contributed by atoms with Gasteiger partial charge in [0.15, 0.2) is 5.78 Å². The van der Waals surface area contributed by atoms with Crippen LogP contribution in [0.4, 0.5) is 0 Å². The summed E-state index contributed by atoms with van der Waals surface area (Å²) in [6.07, 6.45) is 2.32. The van der Waals surface area contributed by atoms with Gasteiger partial charge in [-0.15, -0.1) is 0 Å². The number of benzene rings is 1. The quantitative estimate of drug-likeness (QED) is 0.479. The highest BCUT2D eigenvalue weighted by molar-refractivity contribution is 6.00. The number of hydrogen-bond acceptors (Lipinski definition) is 4. The van der Waals surface area contributed by atoms with E-state index in [1.165, 1.54) is 17.4 Å². The van der Waals surface area contributed by atoms with Crippen molar-refractivity contribution in [2.45, 2.75) is 38.9 Å². The lowest BCUT2D eigenvalue weighted by molar-refractivity contribution is -0.153. The summed E-state index contributed by atoms with van der Waals surface area (Å²) in [6, 6.07) is 8.27. The van der Waals surface area contributed by atoms with E-state index in [9.17, 15) is 9.59 Å². The summed E-state index contributed by atoms with van der Waals surface area (Å²) in [4.78, 5) is 23.9. The van der Waals surface area contributed by atoms with Crippen LogP contribution in [0.15, 0.2) is 47.2 Å². The molecule has 0 radical (unpaired) electrons. The monoisotopic (exact) mass is 310 g/mol. The normalized spacial score (nSPS) is 30.7. The van der Waals surface area contributed by atoms with Crippen molar-refractivity contribution in [1.29, 1.82) is 0 Å². The second-order valence-electron chi connectivity index (χ2n) is 6.52. The molecule has 4 nitrogen and oxygen atoms in total. The molecule has 0 spiro atoms. The van der Waals surface area contributed by atoms with E-state index in [4.69, 9.17) is 9.47 Å². The third kappa shape index (κ3) is 2.12. The zero-order valence-corrected chi connectivity index (χ0v) is 13.2. The van der Waals surface area contributed by atoms with Gasteiger partial charge in [0, 0.05) is 29.1 Å². The zero-order chi connectivity index (χ0) is 16.1. The number of carbonyl (C=O) groups excluding carboxylic acids is 2. The Bertz CT molecular complexity index is 771. The number of esters is 1. The third-order valence-corrected chi connectivity index (χ3v) is 5.23. The molecular formula is C19H18O4. The molecule has 3 unspecified atom stereocenters. The Labute approximate surface area is 134 Å². The largest absolute Gasteiger partial charge is 0.458 e. The standard InChI is InChI=1S/C19H18O4/c1-10-11(2)19(23-18(10)21)22-9-15-16(20)8-13-7-12-5-3-4-6-14(12)17(13)15/h3-6,9,13,17,19H,7-8H2,1-2H3/b15-9-. The smallest absolute Gasteiger partial charge is 0.337 e. The second kappa shape index (κ2) is 5.08. The number of rotatable bonds is 2. The van der Waals surface area contributed by atoms with Gasteiger partial charge in [0.1, 0.15) is 0 Å². The molecule has 0 amide bonds. The molecule has 1 aliphatic heterocycles. The first kappa shape index (κ1) is 14.2. The lowest BCUT2D eigenvalue weighted by Crippen LogP contribution is -2.13. The molecule has 1 aromatic carbocycles. The lowest BCUT2D eigenvalue weighted by atomic mass is 9.93. The molecule has 1 aromatic rings. The van der Waals surface area contributed by atoms with E-state index in [0.29, 0.717) is 23.5 Å². The summed E-state index contributed by atoms with van der Waals surface area (Å²) in [7, 11) is 0. The molecule has 118 valence electrons. The van der Waals surface area contributed by atoms with Crippen molar-refractivity contribution in [2.75, 3.05) is 0 Å². The Morgan fingerprint density at radius 2 is 1.96 bits per heavy atom. The maximum Gasteiger partial charge on any atom is 0.337 e. The van der Waals surface area contributed by atoms with Gasteiger partial charge in [-0.25, -0.2) is 4.79 Å². The van der Waals surface area contributed by atoms with Crippen molar-refractivity contribution in [2.24, 2.45) is 5.92 Å². The summed E-state index contributed by atoms with van der Waals surface area (Å²) in [5.74, 6) is 0.227. The number of ether oxygens (including phenoxy) is 2. The number of carbonyl (C=O) groups is 2. The number of fused-ring (bicyclic) bond motifs is 3. The van der Waals surface area contributed by atoms with E-state index in [0.717, 1.165) is 12.0 Å². The van der Waals surface area contributed by atoms with Crippen LogP contribution in [0.25, 0.3) is 0 Å². The first-order valence-corrected chi connectivity index (χ1v) is 7.91. The van der Waals surface area contributed by atoms with Gasteiger partial charge in [-0.1, -0.05) is 24.3 Å². The molecule has 23 heavy (non-hydrogen) atoms. The molecule has 3 aliphatic rings. The van der Waals surface area contributed by atoms with Crippen LogP contribution in [0.3, 0.4) is 0 Å². The number of cyclic esters (lactones) is 1. The van der Waals surface area contributed by atoms with Gasteiger partial charge in [-0.3, -0.25) is 4.79 Å². The topological polar surface area (TPSA) is 52.6 Å². The molecule has 0 aromatic heterocycles. The van der Waals surface area contributed by atoms with Gasteiger partial charge in [0.05, 0.1) is 6.26 Å². The van der Waals surface area contributed by atoms with Gasteiger partial charge in [0.2, 0.25) is 0 Å². The van der Waals surface area contributed by atoms with Crippen molar-refractivity contribution in [3.05, 3.63) is 58.4 Å². The van der Waals surface area contributed by atoms with Crippen LogP contribution in [0.1, 0.15) is 37.3 Å². The fourth-order valence-electron chi connectivity index (χ4n) is 3.83. The molecule has 4 heteroatoms. The Balaban J connectivity index is 1.61. The minimum Gasteiger partial charge on any atom is -0.458 e. The summed E-state index contributed by atoms with van der Waals surface area (Å²) in [5, 5.41) is 0. The van der Waals surface area contributed by atoms with E-state index in [1.54, 1.807) is 6.92 Å². The molecule has 0 bridgehead atoms. The molecule has 0 N–H and O–H groups in total. The van der Waals surface area contributed by atoms with Crippen LogP contribution in [0.2, 0.25) is 0 Å². The molecule has 0 saturated heterocycles. The number of Topliss-reactive ketones (excluding diaryl/α,β-unsaturated/α-hetero) is 1. The van der Waals surface area contributed by atoms with Crippen molar-refractivity contribution < 1.29 is 19.1 Å². The molecule has 3 atom stereocenters. The van der Waals surface area contributed by atoms with Crippen molar-refractivity contribution >= 4 is 11.8 Å². The third-order valence-electron chi connectivity index (χ3n) is 5.23. The molecule has 4 rings (SSSR count). The van der Waals surface area contributed by atoms with E-state index in [2.05, 4.69) is 12.1 Å². The highest BCUT2D eigenvalue weighted by atomic mass is 16.7. The van der Waals surface area contributed by atoms with Gasteiger partial charge in [-0.2, -0.15) is 0 Å². The van der Waals surface area contributed by atoms with Gasteiger partial charge >= 0.3 is 5.97 Å². The maximum absolute atomic E-state index is 12.3. The predicted octanol–water partition coefficient (Wildman–Crippen LogP) is 3.04. The van der Waals surface area contributed by atoms with Crippen LogP contribution in [-0.2, 0) is 25.5 Å². The fraction of sp³-hybridized carbons (Fsp3) is 0.368. The van der Waals surface area contributed by atoms with Gasteiger partial charge < -0.3 is 9.47 Å². The Hall–Kier alpha value is -2.36. The van der Waals surface area contributed by atoms with Crippen LogP contribution in [0.5, 0.6) is 0 Å². The van der Waals surface area contributed by atoms with Crippen molar-refractivity contribution in [3.63, 3.8) is 0 Å². The first-order chi connectivity index (χ1) is 11.1. The van der Waals surface area contributed by atoms with Crippen LogP contribution < -0.4 is 0 Å². The molecular weight excluding hydrogens is 292 g/mol. The second-order valence-corrected chi connectivity index (χ2v) is 6.52. The van der Waals surface area contributed by atoms with E-state index in [-0.39, 0.29) is 17.7 Å². The fourth-order valence-corrected chi connectivity index (χ4v) is 3.83. The molecule has 1 saturated carbocycles. The summed E-state index contributed by atoms with van der Waals surface area (Å²) in [6.45, 7) is 3.53.